The minimum absolute atomic E-state index is 0.0918. The Morgan fingerprint density at radius 2 is 2.22 bits per heavy atom. The van der Waals surface area contributed by atoms with Gasteiger partial charge < -0.3 is 14.4 Å². The van der Waals surface area contributed by atoms with Gasteiger partial charge in [0.15, 0.2) is 5.82 Å². The molecule has 0 radical (unpaired) electrons. The number of nitrogens with zero attached hydrogens (tertiary/aromatic N) is 4. The zero-order valence-electron chi connectivity index (χ0n) is 15.1. The summed E-state index contributed by atoms with van der Waals surface area (Å²) in [6.45, 7) is 6.07. The average molecular weight is 393 g/mol. The molecular formula is C18H18ClFN4O3. The molecule has 0 saturated carbocycles. The topological polar surface area (TPSA) is 88.3 Å². The van der Waals surface area contributed by atoms with Crippen LogP contribution in [-0.2, 0) is 4.74 Å². The van der Waals surface area contributed by atoms with E-state index in [9.17, 15) is 9.18 Å². The molecule has 1 amide bonds. The van der Waals surface area contributed by atoms with Crippen molar-refractivity contribution in [2.45, 2.75) is 38.9 Å². The quantitative estimate of drug-likeness (QED) is 0.774. The van der Waals surface area contributed by atoms with Crippen LogP contribution in [0.15, 0.2) is 12.3 Å². The Labute approximate surface area is 160 Å². The van der Waals surface area contributed by atoms with Gasteiger partial charge in [-0.15, -0.1) is 0 Å². The van der Waals surface area contributed by atoms with Crippen LogP contribution >= 0.6 is 11.6 Å². The zero-order chi connectivity index (χ0) is 19.8. The van der Waals surface area contributed by atoms with Gasteiger partial charge in [0.1, 0.15) is 23.3 Å². The number of halogens is 2. The molecule has 1 saturated heterocycles. The van der Waals surface area contributed by atoms with E-state index in [1.165, 1.54) is 11.1 Å². The first kappa shape index (κ1) is 19.1. The highest BCUT2D eigenvalue weighted by Gasteiger charge is 2.31. The lowest BCUT2D eigenvalue weighted by molar-refractivity contribution is 0.0274. The van der Waals surface area contributed by atoms with Crippen molar-refractivity contribution < 1.29 is 18.7 Å². The van der Waals surface area contributed by atoms with Crippen LogP contribution in [0.1, 0.15) is 32.8 Å². The molecule has 142 valence electrons. The predicted octanol–water partition coefficient (Wildman–Crippen LogP) is 3.68. The van der Waals surface area contributed by atoms with E-state index >= 15 is 0 Å². The zero-order valence-corrected chi connectivity index (χ0v) is 15.9. The van der Waals surface area contributed by atoms with Crippen LogP contribution in [0.4, 0.5) is 9.18 Å². The summed E-state index contributed by atoms with van der Waals surface area (Å²) < 4.78 is 25.3. The number of rotatable bonds is 2. The second kappa shape index (κ2) is 7.16. The minimum atomic E-state index is -0.688. The molecule has 7 nitrogen and oxygen atoms in total. The fraction of sp³-hybridized carbons (Fsp3) is 0.444. The number of pyridine rings is 2. The summed E-state index contributed by atoms with van der Waals surface area (Å²) in [6, 6.07) is 3.06. The molecule has 27 heavy (non-hydrogen) atoms. The third kappa shape index (κ3) is 4.19. The van der Waals surface area contributed by atoms with E-state index in [0.717, 1.165) is 6.07 Å². The van der Waals surface area contributed by atoms with Crippen LogP contribution in [0.5, 0.6) is 5.88 Å². The fourth-order valence-electron chi connectivity index (χ4n) is 2.68. The molecule has 2 aromatic rings. The molecule has 3 heterocycles. The molecular weight excluding hydrogens is 375 g/mol. The number of fused-ring (bicyclic) bond motifs is 1. The van der Waals surface area contributed by atoms with E-state index in [0.29, 0.717) is 13.0 Å². The molecule has 1 aliphatic heterocycles. The summed E-state index contributed by atoms with van der Waals surface area (Å²) in [5.74, 6) is -0.927. The second-order valence-electron chi connectivity index (χ2n) is 7.20. The van der Waals surface area contributed by atoms with Gasteiger partial charge in [0, 0.05) is 25.2 Å². The third-order valence-electron chi connectivity index (χ3n) is 3.90. The van der Waals surface area contributed by atoms with Crippen LogP contribution < -0.4 is 4.74 Å². The molecule has 3 rings (SSSR count). The van der Waals surface area contributed by atoms with Gasteiger partial charge in [-0.1, -0.05) is 11.6 Å². The molecule has 0 spiro atoms. The number of carbonyl (C=O) groups is 1. The third-order valence-corrected chi connectivity index (χ3v) is 4.28. The molecule has 0 unspecified atom stereocenters. The summed E-state index contributed by atoms with van der Waals surface area (Å²) >= 11 is 6.14. The van der Waals surface area contributed by atoms with Gasteiger partial charge in [-0.2, -0.15) is 5.26 Å². The van der Waals surface area contributed by atoms with Crippen molar-refractivity contribution in [3.05, 3.63) is 28.7 Å². The Kier molecular flexibility index (Phi) is 5.07. The fourth-order valence-corrected chi connectivity index (χ4v) is 2.91. The number of nitriles is 1. The molecule has 2 aromatic heterocycles. The monoisotopic (exact) mass is 392 g/mol. The van der Waals surface area contributed by atoms with Gasteiger partial charge in [0.2, 0.25) is 0 Å². The predicted molar refractivity (Wildman–Crippen MR) is 96.1 cm³/mol. The molecule has 0 bridgehead atoms. The first-order chi connectivity index (χ1) is 12.7. The van der Waals surface area contributed by atoms with Crippen molar-refractivity contribution in [1.82, 2.24) is 14.9 Å². The molecule has 9 heteroatoms. The highest BCUT2D eigenvalue weighted by atomic mass is 35.5. The van der Waals surface area contributed by atoms with Crippen molar-refractivity contribution in [3.63, 3.8) is 0 Å². The van der Waals surface area contributed by atoms with Gasteiger partial charge in [-0.25, -0.2) is 14.2 Å². The van der Waals surface area contributed by atoms with Crippen molar-refractivity contribution in [1.29, 1.82) is 5.26 Å². The summed E-state index contributed by atoms with van der Waals surface area (Å²) in [7, 11) is 0. The highest BCUT2D eigenvalue weighted by molar-refractivity contribution is 6.36. The van der Waals surface area contributed by atoms with Crippen LogP contribution in [0, 0.1) is 17.1 Å². The Hall–Kier alpha value is -2.66. The number of amides is 1. The van der Waals surface area contributed by atoms with Crippen LogP contribution in [0.25, 0.3) is 11.0 Å². The Balaban J connectivity index is 1.77. The van der Waals surface area contributed by atoms with Crippen LogP contribution in [-0.4, -0.2) is 45.8 Å². The maximum Gasteiger partial charge on any atom is 0.410 e. The Morgan fingerprint density at radius 3 is 2.89 bits per heavy atom. The van der Waals surface area contributed by atoms with E-state index in [2.05, 4.69) is 9.97 Å². The van der Waals surface area contributed by atoms with Crippen molar-refractivity contribution in [2.24, 2.45) is 0 Å². The number of carbonyl (C=O) groups excluding carboxylic acids is 1. The van der Waals surface area contributed by atoms with E-state index in [-0.39, 0.29) is 34.0 Å². The van der Waals surface area contributed by atoms with Gasteiger partial charge in [-0.05, 0) is 20.8 Å². The average Bonchev–Trinajstić information content (AvgIpc) is 3.04. The maximum absolute atomic E-state index is 14.3. The number of hydrogen-bond acceptors (Lipinski definition) is 6. The smallest absolute Gasteiger partial charge is 0.410 e. The lowest BCUT2D eigenvalue weighted by atomic mass is 10.2. The molecule has 1 fully saturated rings. The van der Waals surface area contributed by atoms with Crippen molar-refractivity contribution >= 4 is 28.7 Å². The van der Waals surface area contributed by atoms with Crippen molar-refractivity contribution in [3.8, 4) is 11.9 Å². The molecule has 0 aromatic carbocycles. The van der Waals surface area contributed by atoms with Gasteiger partial charge in [-0.3, -0.25) is 4.98 Å². The minimum Gasteiger partial charge on any atom is -0.470 e. The summed E-state index contributed by atoms with van der Waals surface area (Å²) in [4.78, 5) is 21.7. The molecule has 1 atom stereocenters. The SMILES string of the molecule is CC(C)(C)OC(=O)N1CC[C@H](Oc2nc3c(Cl)c(C#N)cnc3cc2F)C1. The maximum atomic E-state index is 14.3. The van der Waals surface area contributed by atoms with Crippen LogP contribution in [0.2, 0.25) is 5.02 Å². The first-order valence-electron chi connectivity index (χ1n) is 8.37. The van der Waals surface area contributed by atoms with Crippen LogP contribution in [0.3, 0.4) is 0 Å². The largest absolute Gasteiger partial charge is 0.470 e. The van der Waals surface area contributed by atoms with E-state index in [1.807, 2.05) is 6.07 Å². The lowest BCUT2D eigenvalue weighted by Crippen LogP contribution is -2.36. The van der Waals surface area contributed by atoms with Gasteiger partial charge in [0.25, 0.3) is 5.88 Å². The Bertz CT molecular complexity index is 939. The van der Waals surface area contributed by atoms with Gasteiger partial charge >= 0.3 is 6.09 Å². The summed E-state index contributed by atoms with van der Waals surface area (Å²) in [6.07, 6.45) is 0.916. The molecule has 0 aliphatic carbocycles. The number of likely N-dealkylation sites (tertiary alicyclic amines) is 1. The summed E-state index contributed by atoms with van der Waals surface area (Å²) in [5, 5.41) is 9.13. The van der Waals surface area contributed by atoms with E-state index in [1.54, 1.807) is 20.8 Å². The van der Waals surface area contributed by atoms with E-state index in [4.69, 9.17) is 26.3 Å². The van der Waals surface area contributed by atoms with Crippen molar-refractivity contribution in [2.75, 3.05) is 13.1 Å². The first-order valence-corrected chi connectivity index (χ1v) is 8.75. The lowest BCUT2D eigenvalue weighted by Gasteiger charge is -2.24. The number of hydrogen-bond donors (Lipinski definition) is 0. The molecule has 0 N–H and O–H groups in total. The second-order valence-corrected chi connectivity index (χ2v) is 7.57. The van der Waals surface area contributed by atoms with E-state index < -0.39 is 23.6 Å². The normalized spacial score (nSPS) is 17.0. The van der Waals surface area contributed by atoms with Gasteiger partial charge in [0.05, 0.1) is 22.6 Å². The Morgan fingerprint density at radius 1 is 1.48 bits per heavy atom. The summed E-state index contributed by atoms with van der Waals surface area (Å²) in [5.41, 5.74) is -0.0319. The molecule has 1 aliphatic rings. The standard InChI is InChI=1S/C18H18ClFN4O3/c1-18(2,3)27-17(25)24-5-4-11(9-24)26-16-12(20)6-13-15(23-16)14(19)10(7-21)8-22-13/h6,8,11H,4-5,9H2,1-3H3/t11-/m0/s1. The number of ether oxygens (including phenoxy) is 2. The highest BCUT2D eigenvalue weighted by Crippen LogP contribution is 2.29. The number of aromatic nitrogens is 2.